The van der Waals surface area contributed by atoms with Crippen molar-refractivity contribution in [2.45, 2.75) is 26.2 Å². The van der Waals surface area contributed by atoms with Gasteiger partial charge in [-0.2, -0.15) is 0 Å². The monoisotopic (exact) mass is 473 g/mol. The molecule has 1 unspecified atom stereocenters. The number of fused-ring (bicyclic) bond motifs is 2. The number of amides is 1. The number of anilines is 1. The van der Waals surface area contributed by atoms with Crippen LogP contribution in [0.4, 0.5) is 5.00 Å². The zero-order valence-electron chi connectivity index (χ0n) is 16.1. The predicted octanol–water partition coefficient (Wildman–Crippen LogP) is 5.82. The summed E-state index contributed by atoms with van der Waals surface area (Å²) in [6, 6.07) is 7.60. The van der Waals surface area contributed by atoms with Crippen LogP contribution in [-0.4, -0.2) is 19.0 Å². The highest BCUT2D eigenvalue weighted by Crippen LogP contribution is 2.40. The fraction of sp³-hybridized carbons (Fsp3) is 0.273. The van der Waals surface area contributed by atoms with E-state index in [0.717, 1.165) is 45.1 Å². The van der Waals surface area contributed by atoms with E-state index in [0.29, 0.717) is 22.2 Å². The van der Waals surface area contributed by atoms with Crippen LogP contribution in [0.2, 0.25) is 0 Å². The van der Waals surface area contributed by atoms with Crippen LogP contribution in [0.1, 0.15) is 39.9 Å². The van der Waals surface area contributed by atoms with Crippen LogP contribution in [0.25, 0.3) is 17.0 Å². The molecule has 29 heavy (non-hydrogen) atoms. The number of carbonyl (C=O) groups excluding carboxylic acids is 2. The van der Waals surface area contributed by atoms with Crippen LogP contribution in [0.3, 0.4) is 0 Å². The Morgan fingerprint density at radius 2 is 2.17 bits per heavy atom. The molecule has 1 amide bonds. The number of nitrogens with one attached hydrogen (secondary N) is 1. The lowest BCUT2D eigenvalue weighted by Crippen LogP contribution is -2.14. The van der Waals surface area contributed by atoms with Gasteiger partial charge in [-0.3, -0.25) is 4.79 Å². The fourth-order valence-corrected chi connectivity index (χ4v) is 5.37. The number of thiophene rings is 1. The third-order valence-electron chi connectivity index (χ3n) is 5.03. The molecule has 150 valence electrons. The summed E-state index contributed by atoms with van der Waals surface area (Å²) >= 11 is 4.90. The highest BCUT2D eigenvalue weighted by molar-refractivity contribution is 9.10. The molecule has 0 bridgehead atoms. The summed E-state index contributed by atoms with van der Waals surface area (Å²) in [6.45, 7) is 2.20. The molecule has 5 nitrogen and oxygen atoms in total. The maximum Gasteiger partial charge on any atom is 0.341 e. The second-order valence-corrected chi connectivity index (χ2v) is 9.22. The summed E-state index contributed by atoms with van der Waals surface area (Å²) in [6.07, 6.45) is 5.82. The lowest BCUT2D eigenvalue weighted by atomic mass is 9.88. The fourth-order valence-electron chi connectivity index (χ4n) is 3.59. The Hall–Kier alpha value is -2.38. The normalized spacial score (nSPS) is 16.2. The van der Waals surface area contributed by atoms with E-state index in [9.17, 15) is 9.59 Å². The van der Waals surface area contributed by atoms with Gasteiger partial charge in [0.2, 0.25) is 5.91 Å². The van der Waals surface area contributed by atoms with Gasteiger partial charge in [-0.25, -0.2) is 4.79 Å². The highest BCUT2D eigenvalue weighted by atomic mass is 79.9. The molecular weight excluding hydrogens is 454 g/mol. The van der Waals surface area contributed by atoms with E-state index in [1.807, 2.05) is 24.3 Å². The first-order valence-corrected chi connectivity index (χ1v) is 11.0. The van der Waals surface area contributed by atoms with Crippen molar-refractivity contribution in [3.63, 3.8) is 0 Å². The van der Waals surface area contributed by atoms with Crippen molar-refractivity contribution in [1.29, 1.82) is 0 Å². The van der Waals surface area contributed by atoms with Gasteiger partial charge < -0.3 is 14.5 Å². The van der Waals surface area contributed by atoms with Crippen molar-refractivity contribution in [1.82, 2.24) is 0 Å². The highest BCUT2D eigenvalue weighted by Gasteiger charge is 2.28. The zero-order chi connectivity index (χ0) is 20.5. The van der Waals surface area contributed by atoms with Gasteiger partial charge in [0, 0.05) is 20.8 Å². The first-order chi connectivity index (χ1) is 13.9. The van der Waals surface area contributed by atoms with E-state index in [4.69, 9.17) is 9.15 Å². The molecule has 0 spiro atoms. The van der Waals surface area contributed by atoms with E-state index < -0.39 is 5.97 Å². The van der Waals surface area contributed by atoms with E-state index in [1.54, 1.807) is 6.08 Å². The minimum absolute atomic E-state index is 0.316. The van der Waals surface area contributed by atoms with Gasteiger partial charge in [0.15, 0.2) is 0 Å². The summed E-state index contributed by atoms with van der Waals surface area (Å²) in [5, 5.41) is 4.36. The number of furan rings is 1. The van der Waals surface area contributed by atoms with Crippen molar-refractivity contribution < 1.29 is 18.7 Å². The van der Waals surface area contributed by atoms with Crippen LogP contribution in [-0.2, 0) is 22.4 Å². The largest absolute Gasteiger partial charge is 0.465 e. The molecule has 1 atom stereocenters. The van der Waals surface area contributed by atoms with Gasteiger partial charge in [-0.05, 0) is 61.1 Å². The standard InChI is InChI=1S/C22H20BrNO4S/c1-12-3-6-16-18(9-12)29-21(20(16)22(26)27-2)24-19(25)8-5-15-11-13-10-14(23)4-7-17(13)28-15/h4-5,7-8,10-12H,3,6,9H2,1-2H3,(H,24,25)/b8-5+. The molecular formula is C22H20BrNO4S. The molecule has 7 heteroatoms. The SMILES string of the molecule is COC(=O)c1c(NC(=O)/C=C/c2cc3cc(Br)ccc3o2)sc2c1CCC(C)C2. The molecule has 0 fully saturated rings. The van der Waals surface area contributed by atoms with Crippen molar-refractivity contribution in [3.05, 3.63) is 56.6 Å². The molecule has 1 N–H and O–H groups in total. The number of hydrogen-bond acceptors (Lipinski definition) is 5. The van der Waals surface area contributed by atoms with E-state index in [2.05, 4.69) is 28.2 Å². The van der Waals surface area contributed by atoms with Crippen LogP contribution >= 0.6 is 27.3 Å². The van der Waals surface area contributed by atoms with Crippen molar-refractivity contribution in [2.24, 2.45) is 5.92 Å². The Kier molecular flexibility index (Phi) is 5.61. The van der Waals surface area contributed by atoms with Crippen LogP contribution in [0.15, 0.2) is 39.2 Å². The van der Waals surface area contributed by atoms with Gasteiger partial charge in [0.25, 0.3) is 0 Å². The first-order valence-electron chi connectivity index (χ1n) is 9.35. The molecule has 0 saturated carbocycles. The van der Waals surface area contributed by atoms with Crippen LogP contribution in [0, 0.1) is 5.92 Å². The molecule has 1 aromatic carbocycles. The predicted molar refractivity (Wildman–Crippen MR) is 118 cm³/mol. The molecule has 1 aliphatic carbocycles. The van der Waals surface area contributed by atoms with Gasteiger partial charge in [0.1, 0.15) is 16.3 Å². The van der Waals surface area contributed by atoms with Gasteiger partial charge in [0.05, 0.1) is 12.7 Å². The topological polar surface area (TPSA) is 68.5 Å². The summed E-state index contributed by atoms with van der Waals surface area (Å²) < 4.78 is 11.6. The molecule has 3 aromatic rings. The van der Waals surface area contributed by atoms with Crippen LogP contribution < -0.4 is 5.32 Å². The molecule has 2 heterocycles. The lowest BCUT2D eigenvalue weighted by molar-refractivity contribution is -0.111. The van der Waals surface area contributed by atoms with E-state index in [1.165, 1.54) is 24.5 Å². The Morgan fingerprint density at radius 1 is 1.34 bits per heavy atom. The molecule has 0 radical (unpaired) electrons. The smallest absolute Gasteiger partial charge is 0.341 e. The summed E-state index contributed by atoms with van der Waals surface area (Å²) in [4.78, 5) is 26.0. The molecule has 2 aromatic heterocycles. The number of hydrogen-bond donors (Lipinski definition) is 1. The Morgan fingerprint density at radius 3 is 2.97 bits per heavy atom. The number of ether oxygens (including phenoxy) is 1. The van der Waals surface area contributed by atoms with Crippen molar-refractivity contribution in [2.75, 3.05) is 12.4 Å². The molecule has 1 aliphatic rings. The average molecular weight is 474 g/mol. The maximum absolute atomic E-state index is 12.5. The van der Waals surface area contributed by atoms with Gasteiger partial charge >= 0.3 is 5.97 Å². The third kappa shape index (κ3) is 4.16. The number of esters is 1. The van der Waals surface area contributed by atoms with Gasteiger partial charge in [-0.15, -0.1) is 11.3 Å². The average Bonchev–Trinajstić information content (AvgIpc) is 3.25. The second kappa shape index (κ2) is 8.16. The third-order valence-corrected chi connectivity index (χ3v) is 6.70. The van der Waals surface area contributed by atoms with Crippen LogP contribution in [0.5, 0.6) is 0 Å². The van der Waals surface area contributed by atoms with Crippen molar-refractivity contribution in [3.8, 4) is 0 Å². The first kappa shape index (κ1) is 19.9. The zero-order valence-corrected chi connectivity index (χ0v) is 18.5. The Balaban J connectivity index is 1.55. The number of benzene rings is 1. The number of methoxy groups -OCH3 is 1. The molecule has 0 aliphatic heterocycles. The van der Waals surface area contributed by atoms with E-state index in [-0.39, 0.29) is 5.91 Å². The number of carbonyl (C=O) groups is 2. The summed E-state index contributed by atoms with van der Waals surface area (Å²) in [5.41, 5.74) is 2.26. The number of rotatable bonds is 4. The summed E-state index contributed by atoms with van der Waals surface area (Å²) in [7, 11) is 1.36. The maximum atomic E-state index is 12.5. The summed E-state index contributed by atoms with van der Waals surface area (Å²) in [5.74, 6) is 0.437. The quantitative estimate of drug-likeness (QED) is 0.382. The van der Waals surface area contributed by atoms with Crippen molar-refractivity contribution >= 4 is 61.2 Å². The number of halogens is 1. The molecule has 0 saturated heterocycles. The minimum Gasteiger partial charge on any atom is -0.465 e. The van der Waals surface area contributed by atoms with E-state index >= 15 is 0 Å². The Bertz CT molecular complexity index is 1130. The lowest BCUT2D eigenvalue weighted by Gasteiger charge is -2.18. The van der Waals surface area contributed by atoms with Gasteiger partial charge in [-0.1, -0.05) is 22.9 Å². The Labute approximate surface area is 180 Å². The second-order valence-electron chi connectivity index (χ2n) is 7.20. The molecule has 4 rings (SSSR count). The minimum atomic E-state index is -0.404.